The number of carbonyl (C=O) groups excluding carboxylic acids is 1. The fourth-order valence-corrected chi connectivity index (χ4v) is 3.22. The second kappa shape index (κ2) is 6.18. The zero-order chi connectivity index (χ0) is 17.4. The van der Waals surface area contributed by atoms with Crippen molar-refractivity contribution in [2.24, 2.45) is 0 Å². The molecule has 25 heavy (non-hydrogen) atoms. The summed E-state index contributed by atoms with van der Waals surface area (Å²) in [6.45, 7) is 0.470. The van der Waals surface area contributed by atoms with Gasteiger partial charge in [-0.15, -0.1) is 4.57 Å². The van der Waals surface area contributed by atoms with Crippen LogP contribution >= 0.6 is 0 Å². The molecule has 0 radical (unpaired) electrons. The number of ether oxygens (including phenoxy) is 3. The maximum absolute atomic E-state index is 11.7. The van der Waals surface area contributed by atoms with Crippen LogP contribution in [0.25, 0.3) is 22.0 Å². The SMILES string of the molecule is COC(=O)c1ccc(-c2cc3ccccc3c3[n+]2C(OC)CO3)cc1. The van der Waals surface area contributed by atoms with Gasteiger partial charge in [-0.1, -0.05) is 18.2 Å². The summed E-state index contributed by atoms with van der Waals surface area (Å²) in [4.78, 5) is 11.7. The Balaban J connectivity index is 1.91. The summed E-state index contributed by atoms with van der Waals surface area (Å²) in [6, 6.07) is 17.6. The summed E-state index contributed by atoms with van der Waals surface area (Å²) in [5.41, 5.74) is 2.48. The van der Waals surface area contributed by atoms with E-state index in [0.717, 1.165) is 27.9 Å². The molecule has 4 rings (SSSR count). The number of esters is 1. The molecular weight excluding hydrogens is 318 g/mol. The molecule has 2 aromatic carbocycles. The van der Waals surface area contributed by atoms with Crippen LogP contribution in [-0.4, -0.2) is 26.8 Å². The van der Waals surface area contributed by atoms with Crippen molar-refractivity contribution in [2.45, 2.75) is 6.23 Å². The lowest BCUT2D eigenvalue weighted by Crippen LogP contribution is -2.39. The summed E-state index contributed by atoms with van der Waals surface area (Å²) in [7, 11) is 3.05. The van der Waals surface area contributed by atoms with Crippen molar-refractivity contribution in [2.75, 3.05) is 20.8 Å². The van der Waals surface area contributed by atoms with Crippen LogP contribution in [0.5, 0.6) is 5.88 Å². The predicted molar refractivity (Wildman–Crippen MR) is 92.5 cm³/mol. The Morgan fingerprint density at radius 2 is 1.88 bits per heavy atom. The molecule has 0 saturated heterocycles. The van der Waals surface area contributed by atoms with Crippen molar-refractivity contribution in [3.63, 3.8) is 0 Å². The molecular formula is C20H18NO4+. The number of carbonyl (C=O) groups is 1. The molecule has 1 aliphatic heterocycles. The van der Waals surface area contributed by atoms with E-state index in [9.17, 15) is 4.79 Å². The molecule has 1 aliphatic rings. The van der Waals surface area contributed by atoms with E-state index in [4.69, 9.17) is 14.2 Å². The second-order valence-electron chi connectivity index (χ2n) is 5.86. The van der Waals surface area contributed by atoms with Gasteiger partial charge in [-0.25, -0.2) is 4.79 Å². The summed E-state index contributed by atoms with van der Waals surface area (Å²) >= 11 is 0. The van der Waals surface area contributed by atoms with Crippen LogP contribution in [0.15, 0.2) is 54.6 Å². The van der Waals surface area contributed by atoms with Crippen LogP contribution < -0.4 is 9.30 Å². The second-order valence-corrected chi connectivity index (χ2v) is 5.86. The molecule has 0 fully saturated rings. The summed E-state index contributed by atoms with van der Waals surface area (Å²) < 4.78 is 18.3. The number of pyridine rings is 1. The molecule has 5 heteroatoms. The van der Waals surface area contributed by atoms with E-state index < -0.39 is 0 Å². The summed E-state index contributed by atoms with van der Waals surface area (Å²) in [6.07, 6.45) is -0.185. The van der Waals surface area contributed by atoms with Gasteiger partial charge in [0.15, 0.2) is 6.61 Å². The Hall–Kier alpha value is -2.92. The van der Waals surface area contributed by atoms with Gasteiger partial charge < -0.3 is 14.2 Å². The predicted octanol–water partition coefficient (Wildman–Crippen LogP) is 3.12. The maximum atomic E-state index is 11.7. The van der Waals surface area contributed by atoms with Gasteiger partial charge in [-0.2, -0.15) is 0 Å². The number of fused-ring (bicyclic) bond motifs is 3. The number of benzene rings is 2. The number of hydrogen-bond acceptors (Lipinski definition) is 4. The van der Waals surface area contributed by atoms with Gasteiger partial charge in [-0.3, -0.25) is 0 Å². The fraction of sp³-hybridized carbons (Fsp3) is 0.200. The highest BCUT2D eigenvalue weighted by Gasteiger charge is 2.38. The Labute approximate surface area is 145 Å². The monoisotopic (exact) mass is 336 g/mol. The number of aromatic nitrogens is 1. The normalized spacial score (nSPS) is 15.7. The third-order valence-corrected chi connectivity index (χ3v) is 4.49. The Kier molecular flexibility index (Phi) is 3.86. The fourth-order valence-electron chi connectivity index (χ4n) is 3.22. The van der Waals surface area contributed by atoms with E-state index in [2.05, 4.69) is 16.7 Å². The van der Waals surface area contributed by atoms with E-state index in [-0.39, 0.29) is 12.2 Å². The van der Waals surface area contributed by atoms with Crippen molar-refractivity contribution in [3.8, 4) is 17.1 Å². The average Bonchev–Trinajstić information content (AvgIpc) is 3.11. The molecule has 0 bridgehead atoms. The van der Waals surface area contributed by atoms with E-state index >= 15 is 0 Å². The van der Waals surface area contributed by atoms with Crippen LogP contribution in [-0.2, 0) is 9.47 Å². The van der Waals surface area contributed by atoms with Gasteiger partial charge in [0.25, 0.3) is 0 Å². The first-order valence-electron chi connectivity index (χ1n) is 8.04. The zero-order valence-electron chi connectivity index (χ0n) is 14.1. The number of nitrogens with zero attached hydrogens (tertiary/aromatic N) is 1. The van der Waals surface area contributed by atoms with Gasteiger partial charge in [0.1, 0.15) is 0 Å². The van der Waals surface area contributed by atoms with Crippen molar-refractivity contribution >= 4 is 16.7 Å². The lowest BCUT2D eigenvalue weighted by molar-refractivity contribution is -0.731. The summed E-state index contributed by atoms with van der Waals surface area (Å²) in [5.74, 6) is 0.457. The molecule has 0 spiro atoms. The molecule has 2 heterocycles. The van der Waals surface area contributed by atoms with Crippen molar-refractivity contribution in [1.82, 2.24) is 0 Å². The molecule has 0 amide bonds. The molecule has 1 atom stereocenters. The molecule has 1 unspecified atom stereocenters. The van der Waals surface area contributed by atoms with Crippen LogP contribution in [0.3, 0.4) is 0 Å². The van der Waals surface area contributed by atoms with Gasteiger partial charge >= 0.3 is 18.1 Å². The van der Waals surface area contributed by atoms with Gasteiger partial charge in [0, 0.05) is 18.7 Å². The lowest BCUT2D eigenvalue weighted by Gasteiger charge is -2.08. The van der Waals surface area contributed by atoms with E-state index in [1.165, 1.54) is 7.11 Å². The highest BCUT2D eigenvalue weighted by Crippen LogP contribution is 2.32. The van der Waals surface area contributed by atoms with Crippen molar-refractivity contribution in [1.29, 1.82) is 0 Å². The lowest BCUT2D eigenvalue weighted by atomic mass is 10.0. The van der Waals surface area contributed by atoms with Crippen LogP contribution in [0.4, 0.5) is 0 Å². The first kappa shape index (κ1) is 15.6. The highest BCUT2D eigenvalue weighted by atomic mass is 16.6. The van der Waals surface area contributed by atoms with Crippen LogP contribution in [0.1, 0.15) is 16.6 Å². The van der Waals surface area contributed by atoms with Gasteiger partial charge in [0.2, 0.25) is 5.69 Å². The quantitative estimate of drug-likeness (QED) is 0.545. The Morgan fingerprint density at radius 3 is 2.60 bits per heavy atom. The van der Waals surface area contributed by atoms with Crippen LogP contribution in [0, 0.1) is 0 Å². The largest absolute Gasteiger partial charge is 0.465 e. The minimum atomic E-state index is -0.346. The minimum absolute atomic E-state index is 0.185. The van der Waals surface area contributed by atoms with E-state index in [0.29, 0.717) is 12.2 Å². The third-order valence-electron chi connectivity index (χ3n) is 4.49. The van der Waals surface area contributed by atoms with E-state index in [1.54, 1.807) is 19.2 Å². The zero-order valence-corrected chi connectivity index (χ0v) is 14.1. The average molecular weight is 336 g/mol. The van der Waals surface area contributed by atoms with Crippen LogP contribution in [0.2, 0.25) is 0 Å². The molecule has 3 aromatic rings. The standard InChI is InChI=1S/C20H18NO4/c1-23-18-12-25-19-16-6-4-3-5-15(16)11-17(21(18)19)13-7-9-14(10-8-13)20(22)24-2/h3-11,18H,12H2,1-2H3/q+1. The summed E-state index contributed by atoms with van der Waals surface area (Å²) in [5, 5.41) is 2.15. The molecule has 0 saturated carbocycles. The topological polar surface area (TPSA) is 48.6 Å². The smallest absolute Gasteiger partial charge is 0.379 e. The van der Waals surface area contributed by atoms with Gasteiger partial charge in [0.05, 0.1) is 18.1 Å². The number of methoxy groups -OCH3 is 2. The van der Waals surface area contributed by atoms with Crippen molar-refractivity contribution in [3.05, 3.63) is 60.2 Å². The molecule has 0 aliphatic carbocycles. The highest BCUT2D eigenvalue weighted by molar-refractivity contribution is 5.91. The molecule has 5 nitrogen and oxygen atoms in total. The Morgan fingerprint density at radius 1 is 1.12 bits per heavy atom. The molecule has 126 valence electrons. The van der Waals surface area contributed by atoms with E-state index in [1.807, 2.05) is 30.3 Å². The first-order valence-corrected chi connectivity index (χ1v) is 8.04. The maximum Gasteiger partial charge on any atom is 0.379 e. The number of rotatable bonds is 3. The van der Waals surface area contributed by atoms with Crippen molar-refractivity contribution < 1.29 is 23.6 Å². The Bertz CT molecular complexity index is 950. The first-order chi connectivity index (χ1) is 12.2. The molecule has 0 N–H and O–H groups in total. The third kappa shape index (κ3) is 2.53. The van der Waals surface area contributed by atoms with Gasteiger partial charge in [-0.05, 0) is 35.7 Å². The number of hydrogen-bond donors (Lipinski definition) is 0. The minimum Gasteiger partial charge on any atom is -0.465 e. The molecule has 1 aromatic heterocycles.